The van der Waals surface area contributed by atoms with Crippen molar-refractivity contribution in [3.8, 4) is 11.3 Å². The van der Waals surface area contributed by atoms with Crippen LogP contribution in [0.25, 0.3) is 11.3 Å². The van der Waals surface area contributed by atoms with Gasteiger partial charge in [-0.25, -0.2) is 14.2 Å². The van der Waals surface area contributed by atoms with Crippen LogP contribution in [0, 0.1) is 24.6 Å². The molecule has 1 aliphatic heterocycles. The minimum atomic E-state index is -1.11. The number of benzene rings is 1. The van der Waals surface area contributed by atoms with Gasteiger partial charge in [0.2, 0.25) is 0 Å². The van der Waals surface area contributed by atoms with Gasteiger partial charge in [0.15, 0.2) is 5.13 Å². The predicted octanol–water partition coefficient (Wildman–Crippen LogP) is 5.11. The van der Waals surface area contributed by atoms with Gasteiger partial charge in [-0.15, -0.1) is 0 Å². The monoisotopic (exact) mass is 528 g/mol. The zero-order valence-electron chi connectivity index (χ0n) is 17.0. The molecular weight excluding hydrogens is 514 g/mol. The molecule has 2 aliphatic rings. The van der Waals surface area contributed by atoms with Crippen LogP contribution in [-0.2, 0) is 0 Å². The van der Waals surface area contributed by atoms with Crippen molar-refractivity contribution >= 4 is 63.1 Å². The van der Waals surface area contributed by atoms with Gasteiger partial charge < -0.3 is 20.3 Å². The van der Waals surface area contributed by atoms with E-state index in [-0.39, 0.29) is 50.1 Å². The second-order valence-electron chi connectivity index (χ2n) is 8.09. The summed E-state index contributed by atoms with van der Waals surface area (Å²) in [4.78, 5) is 33.9. The summed E-state index contributed by atoms with van der Waals surface area (Å²) in [7, 11) is 0. The minimum absolute atomic E-state index is 0.00137. The molecule has 2 fully saturated rings. The molecule has 1 saturated heterocycles. The summed E-state index contributed by atoms with van der Waals surface area (Å²) in [5.41, 5.74) is 1.57. The molecule has 172 valence electrons. The predicted molar refractivity (Wildman–Crippen MR) is 125 cm³/mol. The lowest BCUT2D eigenvalue weighted by Gasteiger charge is -2.19. The quantitative estimate of drug-likeness (QED) is 0.427. The van der Waals surface area contributed by atoms with E-state index in [2.05, 4.69) is 15.3 Å². The Kier molecular flexibility index (Phi) is 5.55. The van der Waals surface area contributed by atoms with Gasteiger partial charge in [0.1, 0.15) is 16.4 Å². The molecular formula is C21H16Cl3FN4O3S. The lowest BCUT2D eigenvalue weighted by molar-refractivity contribution is 0.0702. The normalized spacial score (nSPS) is 21.2. The molecule has 3 aromatic rings. The molecule has 12 heteroatoms. The van der Waals surface area contributed by atoms with Crippen molar-refractivity contribution < 1.29 is 19.1 Å². The van der Waals surface area contributed by atoms with E-state index in [1.165, 1.54) is 18.2 Å². The molecule has 1 aromatic carbocycles. The van der Waals surface area contributed by atoms with E-state index in [4.69, 9.17) is 34.8 Å². The summed E-state index contributed by atoms with van der Waals surface area (Å²) in [6, 6.07) is 4.02. The van der Waals surface area contributed by atoms with Gasteiger partial charge in [-0.1, -0.05) is 46.1 Å². The number of halogens is 4. The van der Waals surface area contributed by atoms with E-state index in [1.807, 2.05) is 4.90 Å². The fraction of sp³-hybridized carbons (Fsp3) is 0.286. The van der Waals surface area contributed by atoms with Crippen molar-refractivity contribution in [1.82, 2.24) is 15.3 Å². The number of carboxylic acid groups (broad SMARTS) is 1. The van der Waals surface area contributed by atoms with Crippen LogP contribution in [0.15, 0.2) is 18.2 Å². The summed E-state index contributed by atoms with van der Waals surface area (Å²) >= 11 is 19.1. The lowest BCUT2D eigenvalue weighted by Crippen LogP contribution is -2.34. The number of amides is 1. The molecule has 5 rings (SSSR count). The van der Waals surface area contributed by atoms with Crippen LogP contribution in [0.3, 0.4) is 0 Å². The number of nitrogens with one attached hydrogen (secondary N) is 2. The Hall–Kier alpha value is -2.33. The number of aromatic nitrogens is 2. The van der Waals surface area contributed by atoms with E-state index in [0.717, 1.165) is 11.3 Å². The molecule has 1 aliphatic carbocycles. The van der Waals surface area contributed by atoms with Crippen LogP contribution in [0.1, 0.15) is 25.9 Å². The molecule has 1 amide bonds. The summed E-state index contributed by atoms with van der Waals surface area (Å²) in [6.45, 7) is 3.00. The number of carbonyl (C=O) groups is 2. The number of H-pyrrole nitrogens is 1. The van der Waals surface area contributed by atoms with E-state index in [1.54, 1.807) is 6.92 Å². The van der Waals surface area contributed by atoms with E-state index in [9.17, 15) is 19.1 Å². The first-order chi connectivity index (χ1) is 15.7. The molecule has 3 N–H and O–H groups in total. The SMILES string of the molecule is Cc1[nH]c(C(=O)NC2[C@H]3CN(c4nc(-c5ccc(F)c(Cl)c5)c(C(=O)O)s4)C[C@@H]23)c(Cl)c1Cl. The van der Waals surface area contributed by atoms with E-state index < -0.39 is 11.8 Å². The van der Waals surface area contributed by atoms with Gasteiger partial charge in [0.25, 0.3) is 5.91 Å². The third-order valence-corrected chi connectivity index (χ3v) is 8.39. The van der Waals surface area contributed by atoms with Crippen LogP contribution >= 0.6 is 46.1 Å². The Morgan fingerprint density at radius 3 is 2.52 bits per heavy atom. The number of aromatic carboxylic acids is 1. The van der Waals surface area contributed by atoms with Crippen molar-refractivity contribution in [2.75, 3.05) is 18.0 Å². The first-order valence-corrected chi connectivity index (χ1v) is 11.9. The van der Waals surface area contributed by atoms with Crippen LogP contribution in [0.2, 0.25) is 15.1 Å². The number of thiazole rings is 1. The first kappa shape index (κ1) is 22.5. The number of aryl methyl sites for hydroxylation is 1. The van der Waals surface area contributed by atoms with Gasteiger partial charge in [0.05, 0.1) is 20.8 Å². The molecule has 0 radical (unpaired) electrons. The molecule has 0 bridgehead atoms. The van der Waals surface area contributed by atoms with Crippen molar-refractivity contribution in [1.29, 1.82) is 0 Å². The summed E-state index contributed by atoms with van der Waals surface area (Å²) in [6.07, 6.45) is 0. The number of hydrogen-bond donors (Lipinski definition) is 3. The highest BCUT2D eigenvalue weighted by molar-refractivity contribution is 7.17. The molecule has 33 heavy (non-hydrogen) atoms. The number of rotatable bonds is 5. The summed E-state index contributed by atoms with van der Waals surface area (Å²) in [5.74, 6) is -1.56. The summed E-state index contributed by atoms with van der Waals surface area (Å²) < 4.78 is 13.5. The first-order valence-electron chi connectivity index (χ1n) is 9.94. The Bertz CT molecular complexity index is 1300. The highest BCUT2D eigenvalue weighted by atomic mass is 35.5. The second kappa shape index (κ2) is 8.16. The van der Waals surface area contributed by atoms with Gasteiger partial charge in [-0.3, -0.25) is 4.79 Å². The number of aromatic amines is 1. The topological polar surface area (TPSA) is 98.3 Å². The molecule has 1 saturated carbocycles. The fourth-order valence-corrected chi connectivity index (χ4v) is 5.82. The van der Waals surface area contributed by atoms with Gasteiger partial charge >= 0.3 is 5.97 Å². The fourth-order valence-electron chi connectivity index (χ4n) is 4.28. The van der Waals surface area contributed by atoms with Crippen molar-refractivity contribution in [3.05, 3.63) is 55.3 Å². The van der Waals surface area contributed by atoms with Crippen LogP contribution in [-0.4, -0.2) is 46.1 Å². The second-order valence-corrected chi connectivity index (χ2v) is 10.2. The number of piperidine rings is 1. The largest absolute Gasteiger partial charge is 0.477 e. The highest BCUT2D eigenvalue weighted by Gasteiger charge is 2.57. The average molecular weight is 530 g/mol. The van der Waals surface area contributed by atoms with E-state index >= 15 is 0 Å². The van der Waals surface area contributed by atoms with Gasteiger partial charge in [-0.2, -0.15) is 0 Å². The molecule has 7 nitrogen and oxygen atoms in total. The molecule has 3 heterocycles. The number of nitrogens with zero attached hydrogens (tertiary/aromatic N) is 2. The van der Waals surface area contributed by atoms with E-state index in [0.29, 0.717) is 34.5 Å². The van der Waals surface area contributed by atoms with Crippen LogP contribution < -0.4 is 10.2 Å². The standard InChI is InChI=1S/C21H16Cl3FN4O3S/c1-7-13(23)14(24)17(26-7)19(30)27-16-9-5-29(6-10(9)16)21-28-15(18(33-21)20(31)32)8-2-3-12(25)11(22)4-8/h2-4,9-10,16,26H,5-6H2,1H3,(H,27,30)(H,31,32)/t9-,10+,16?. The number of anilines is 1. The minimum Gasteiger partial charge on any atom is -0.477 e. The van der Waals surface area contributed by atoms with Crippen molar-refractivity contribution in [3.63, 3.8) is 0 Å². The number of carbonyl (C=O) groups excluding carboxylic acids is 1. The maximum Gasteiger partial charge on any atom is 0.348 e. The van der Waals surface area contributed by atoms with Crippen molar-refractivity contribution in [2.24, 2.45) is 11.8 Å². The maximum atomic E-state index is 13.5. The van der Waals surface area contributed by atoms with Crippen molar-refractivity contribution in [2.45, 2.75) is 13.0 Å². The third kappa shape index (κ3) is 3.86. The maximum absolute atomic E-state index is 13.5. The molecule has 3 atom stereocenters. The Morgan fingerprint density at radius 1 is 1.24 bits per heavy atom. The number of hydrogen-bond acceptors (Lipinski definition) is 5. The number of carboxylic acids is 1. The molecule has 2 aromatic heterocycles. The zero-order valence-corrected chi connectivity index (χ0v) is 20.0. The Morgan fingerprint density at radius 2 is 1.94 bits per heavy atom. The van der Waals surface area contributed by atoms with Crippen LogP contribution in [0.4, 0.5) is 9.52 Å². The Labute approximate surface area is 206 Å². The van der Waals surface area contributed by atoms with Gasteiger partial charge in [-0.05, 0) is 25.1 Å². The third-order valence-electron chi connectivity index (χ3n) is 6.05. The summed E-state index contributed by atoms with van der Waals surface area (Å²) in [5, 5.41) is 13.6. The smallest absolute Gasteiger partial charge is 0.348 e. The highest BCUT2D eigenvalue weighted by Crippen LogP contribution is 2.48. The zero-order chi connectivity index (χ0) is 23.6. The Balaban J connectivity index is 1.29. The number of fused-ring (bicyclic) bond motifs is 1. The molecule has 0 spiro atoms. The lowest BCUT2D eigenvalue weighted by atomic mass is 10.1. The average Bonchev–Trinajstić information content (AvgIpc) is 3.17. The van der Waals surface area contributed by atoms with Gasteiger partial charge in [0, 0.05) is 42.2 Å². The van der Waals surface area contributed by atoms with Crippen LogP contribution in [0.5, 0.6) is 0 Å². The molecule has 1 unspecified atom stereocenters.